The second kappa shape index (κ2) is 6.53. The molecule has 2 rings (SSSR count). The summed E-state index contributed by atoms with van der Waals surface area (Å²) in [5.41, 5.74) is 1.40. The highest BCUT2D eigenvalue weighted by atomic mass is 35.5. The second-order valence-electron chi connectivity index (χ2n) is 4.40. The Balaban J connectivity index is 2.00. The summed E-state index contributed by atoms with van der Waals surface area (Å²) in [4.78, 5) is 12.0. The number of carbonyl (C=O) groups excluding carboxylic acids is 1. The van der Waals surface area contributed by atoms with Gasteiger partial charge < -0.3 is 4.74 Å². The van der Waals surface area contributed by atoms with Crippen LogP contribution in [0.2, 0.25) is 5.02 Å². The third kappa shape index (κ3) is 3.58. The van der Waals surface area contributed by atoms with Crippen LogP contribution in [0, 0.1) is 5.82 Å². The molecule has 20 heavy (non-hydrogen) atoms. The Morgan fingerprint density at radius 1 is 1.20 bits per heavy atom. The predicted molar refractivity (Wildman–Crippen MR) is 77.1 cm³/mol. The summed E-state index contributed by atoms with van der Waals surface area (Å²) < 4.78 is 18.0. The molecule has 0 atom stereocenters. The van der Waals surface area contributed by atoms with E-state index in [1.165, 1.54) is 12.1 Å². The summed E-state index contributed by atoms with van der Waals surface area (Å²) >= 11 is 5.87. The molecule has 4 heteroatoms. The standard InChI is InChI=1S/C16H14ClFO2/c1-20-13-6-2-11(3-7-13)4-9-16(19)14-8-5-12(18)10-15(14)17/h2-3,5-8,10H,4,9H2,1H3. The number of ether oxygens (including phenoxy) is 1. The van der Waals surface area contributed by atoms with Crippen LogP contribution in [0.1, 0.15) is 22.3 Å². The first-order valence-corrected chi connectivity index (χ1v) is 6.59. The monoisotopic (exact) mass is 292 g/mol. The van der Waals surface area contributed by atoms with Crippen molar-refractivity contribution in [1.29, 1.82) is 0 Å². The van der Waals surface area contributed by atoms with Gasteiger partial charge in [-0.25, -0.2) is 4.39 Å². The Labute approximate surface area is 122 Å². The van der Waals surface area contributed by atoms with E-state index in [1.807, 2.05) is 24.3 Å². The van der Waals surface area contributed by atoms with Crippen molar-refractivity contribution in [2.75, 3.05) is 7.11 Å². The maximum Gasteiger partial charge on any atom is 0.164 e. The van der Waals surface area contributed by atoms with Crippen molar-refractivity contribution in [3.05, 3.63) is 64.4 Å². The van der Waals surface area contributed by atoms with E-state index in [1.54, 1.807) is 7.11 Å². The van der Waals surface area contributed by atoms with E-state index in [-0.39, 0.29) is 10.8 Å². The van der Waals surface area contributed by atoms with Gasteiger partial charge in [0, 0.05) is 12.0 Å². The van der Waals surface area contributed by atoms with Crippen molar-refractivity contribution in [2.45, 2.75) is 12.8 Å². The summed E-state index contributed by atoms with van der Waals surface area (Å²) in [5, 5.41) is 0.157. The first-order chi connectivity index (χ1) is 9.60. The molecule has 0 amide bonds. The molecule has 0 heterocycles. The number of Topliss-reactive ketones (excluding diaryl/α,β-unsaturated/α-hetero) is 1. The van der Waals surface area contributed by atoms with Crippen LogP contribution in [0.3, 0.4) is 0 Å². The lowest BCUT2D eigenvalue weighted by molar-refractivity contribution is 0.0983. The lowest BCUT2D eigenvalue weighted by Gasteiger charge is -2.05. The van der Waals surface area contributed by atoms with Gasteiger partial charge >= 0.3 is 0 Å². The molecule has 0 aliphatic rings. The average molecular weight is 293 g/mol. The molecule has 0 fully saturated rings. The van der Waals surface area contributed by atoms with E-state index >= 15 is 0 Å². The van der Waals surface area contributed by atoms with Crippen LogP contribution >= 0.6 is 11.6 Å². The highest BCUT2D eigenvalue weighted by Gasteiger charge is 2.11. The maximum atomic E-state index is 12.9. The Bertz CT molecular complexity index is 608. The molecule has 0 bridgehead atoms. The van der Waals surface area contributed by atoms with E-state index < -0.39 is 5.82 Å². The van der Waals surface area contributed by atoms with Crippen LogP contribution in [-0.4, -0.2) is 12.9 Å². The number of carbonyl (C=O) groups is 1. The number of hydrogen-bond donors (Lipinski definition) is 0. The lowest BCUT2D eigenvalue weighted by atomic mass is 10.0. The van der Waals surface area contributed by atoms with E-state index in [2.05, 4.69) is 0 Å². The van der Waals surface area contributed by atoms with E-state index in [9.17, 15) is 9.18 Å². The van der Waals surface area contributed by atoms with Gasteiger partial charge in [-0.3, -0.25) is 4.79 Å². The molecule has 0 saturated heterocycles. The Hall–Kier alpha value is -1.87. The van der Waals surface area contributed by atoms with Gasteiger partial charge in [-0.1, -0.05) is 23.7 Å². The summed E-state index contributed by atoms with van der Waals surface area (Å²) in [6, 6.07) is 11.4. The van der Waals surface area contributed by atoms with Gasteiger partial charge in [-0.15, -0.1) is 0 Å². The first-order valence-electron chi connectivity index (χ1n) is 6.21. The van der Waals surface area contributed by atoms with E-state index in [0.29, 0.717) is 18.4 Å². The molecule has 0 N–H and O–H groups in total. The van der Waals surface area contributed by atoms with Crippen molar-refractivity contribution >= 4 is 17.4 Å². The van der Waals surface area contributed by atoms with Crippen molar-refractivity contribution in [3.63, 3.8) is 0 Å². The maximum absolute atomic E-state index is 12.9. The minimum atomic E-state index is -0.443. The van der Waals surface area contributed by atoms with Crippen LogP contribution in [0.25, 0.3) is 0 Å². The van der Waals surface area contributed by atoms with Crippen molar-refractivity contribution < 1.29 is 13.9 Å². The van der Waals surface area contributed by atoms with Gasteiger partial charge in [0.15, 0.2) is 5.78 Å². The molecule has 0 spiro atoms. The predicted octanol–water partition coefficient (Wildman–Crippen LogP) is 4.30. The minimum Gasteiger partial charge on any atom is -0.497 e. The normalized spacial score (nSPS) is 10.3. The highest BCUT2D eigenvalue weighted by molar-refractivity contribution is 6.33. The van der Waals surface area contributed by atoms with Gasteiger partial charge in [0.05, 0.1) is 12.1 Å². The summed E-state index contributed by atoms with van der Waals surface area (Å²) in [6.45, 7) is 0. The number of benzene rings is 2. The van der Waals surface area contributed by atoms with Crippen LogP contribution in [0.5, 0.6) is 5.75 Å². The molecule has 2 aromatic carbocycles. The van der Waals surface area contributed by atoms with Crippen LogP contribution in [0.15, 0.2) is 42.5 Å². The van der Waals surface area contributed by atoms with Gasteiger partial charge in [0.25, 0.3) is 0 Å². The average Bonchev–Trinajstić information content (AvgIpc) is 2.45. The van der Waals surface area contributed by atoms with Crippen LogP contribution < -0.4 is 4.74 Å². The van der Waals surface area contributed by atoms with E-state index in [0.717, 1.165) is 17.4 Å². The van der Waals surface area contributed by atoms with Crippen molar-refractivity contribution in [1.82, 2.24) is 0 Å². The molecular weight excluding hydrogens is 279 g/mol. The molecule has 104 valence electrons. The van der Waals surface area contributed by atoms with Gasteiger partial charge in [0.1, 0.15) is 11.6 Å². The molecule has 0 aromatic heterocycles. The Morgan fingerprint density at radius 2 is 1.90 bits per heavy atom. The lowest BCUT2D eigenvalue weighted by Crippen LogP contribution is -2.02. The minimum absolute atomic E-state index is 0.0918. The highest BCUT2D eigenvalue weighted by Crippen LogP contribution is 2.20. The number of methoxy groups -OCH3 is 1. The molecule has 0 saturated carbocycles. The number of ketones is 1. The second-order valence-corrected chi connectivity index (χ2v) is 4.80. The van der Waals surface area contributed by atoms with Crippen molar-refractivity contribution in [2.24, 2.45) is 0 Å². The van der Waals surface area contributed by atoms with Gasteiger partial charge in [0.2, 0.25) is 0 Å². The SMILES string of the molecule is COc1ccc(CCC(=O)c2ccc(F)cc2Cl)cc1. The number of halogens is 2. The van der Waals surface area contributed by atoms with Crippen LogP contribution in [0.4, 0.5) is 4.39 Å². The Kier molecular flexibility index (Phi) is 4.74. The fourth-order valence-corrected chi connectivity index (χ4v) is 2.17. The Morgan fingerprint density at radius 3 is 2.50 bits per heavy atom. The largest absolute Gasteiger partial charge is 0.497 e. The van der Waals surface area contributed by atoms with Gasteiger partial charge in [-0.2, -0.15) is 0 Å². The zero-order valence-electron chi connectivity index (χ0n) is 11.0. The quantitative estimate of drug-likeness (QED) is 0.768. The molecule has 0 radical (unpaired) electrons. The molecular formula is C16H14ClFO2. The fourth-order valence-electron chi connectivity index (χ4n) is 1.90. The smallest absolute Gasteiger partial charge is 0.164 e. The first kappa shape index (κ1) is 14.5. The topological polar surface area (TPSA) is 26.3 Å². The van der Waals surface area contributed by atoms with E-state index in [4.69, 9.17) is 16.3 Å². The zero-order chi connectivity index (χ0) is 14.5. The summed E-state index contributed by atoms with van der Waals surface area (Å²) in [5.74, 6) is 0.245. The third-order valence-corrected chi connectivity index (χ3v) is 3.34. The molecule has 2 aromatic rings. The number of aryl methyl sites for hydroxylation is 1. The van der Waals surface area contributed by atoms with Crippen LogP contribution in [-0.2, 0) is 6.42 Å². The van der Waals surface area contributed by atoms with Gasteiger partial charge in [-0.05, 0) is 42.3 Å². The summed E-state index contributed by atoms with van der Waals surface area (Å²) in [7, 11) is 1.61. The summed E-state index contributed by atoms with van der Waals surface area (Å²) in [6.07, 6.45) is 0.939. The number of rotatable bonds is 5. The fraction of sp³-hybridized carbons (Fsp3) is 0.188. The third-order valence-electron chi connectivity index (χ3n) is 3.03. The molecule has 2 nitrogen and oxygen atoms in total. The molecule has 0 aliphatic heterocycles. The molecule has 0 unspecified atom stereocenters. The zero-order valence-corrected chi connectivity index (χ0v) is 11.8. The number of hydrogen-bond acceptors (Lipinski definition) is 2. The molecule has 0 aliphatic carbocycles. The van der Waals surface area contributed by atoms with Crippen molar-refractivity contribution in [3.8, 4) is 5.75 Å².